The van der Waals surface area contributed by atoms with Crippen LogP contribution < -0.4 is 0 Å². The van der Waals surface area contributed by atoms with Gasteiger partial charge in [-0.1, -0.05) is 0 Å². The molecule has 1 aliphatic heterocycles. The van der Waals surface area contributed by atoms with Crippen LogP contribution in [0.25, 0.3) is 0 Å². The van der Waals surface area contributed by atoms with Gasteiger partial charge in [-0.3, -0.25) is 4.68 Å². The van der Waals surface area contributed by atoms with Crippen molar-refractivity contribution in [1.82, 2.24) is 14.7 Å². The molecule has 1 aromatic rings. The van der Waals surface area contributed by atoms with Gasteiger partial charge in [-0.25, -0.2) is 4.79 Å². The Kier molecular flexibility index (Phi) is 4.32. The molecule has 0 bridgehead atoms. The van der Waals surface area contributed by atoms with Crippen molar-refractivity contribution in [2.75, 3.05) is 13.1 Å². The van der Waals surface area contributed by atoms with Gasteiger partial charge in [0.1, 0.15) is 5.60 Å². The number of hydrogen-bond acceptors (Lipinski definition) is 4. The smallest absolute Gasteiger partial charge is 0.410 e. The summed E-state index contributed by atoms with van der Waals surface area (Å²) in [5.74, 6) is 0. The first-order valence-electron chi connectivity index (χ1n) is 7.02. The minimum absolute atomic E-state index is 0.0600. The number of ether oxygens (including phenoxy) is 1. The Morgan fingerprint density at radius 1 is 1.55 bits per heavy atom. The van der Waals surface area contributed by atoms with Crippen molar-refractivity contribution in [3.8, 4) is 0 Å². The van der Waals surface area contributed by atoms with E-state index in [2.05, 4.69) is 5.10 Å². The van der Waals surface area contributed by atoms with Crippen LogP contribution in [-0.2, 0) is 11.3 Å². The molecule has 1 saturated heterocycles. The highest BCUT2D eigenvalue weighted by atomic mass is 16.6. The topological polar surface area (TPSA) is 67.6 Å². The van der Waals surface area contributed by atoms with E-state index in [9.17, 15) is 4.79 Å². The predicted molar refractivity (Wildman–Crippen MR) is 74.2 cm³/mol. The van der Waals surface area contributed by atoms with Crippen molar-refractivity contribution in [2.45, 2.75) is 51.9 Å². The van der Waals surface area contributed by atoms with Gasteiger partial charge in [-0.05, 0) is 39.7 Å². The fraction of sp³-hybridized carbons (Fsp3) is 0.714. The summed E-state index contributed by atoms with van der Waals surface area (Å²) >= 11 is 0. The van der Waals surface area contributed by atoms with Gasteiger partial charge in [-0.2, -0.15) is 5.10 Å². The van der Waals surface area contributed by atoms with Gasteiger partial charge in [0.15, 0.2) is 0 Å². The maximum Gasteiger partial charge on any atom is 0.410 e. The second kappa shape index (κ2) is 5.83. The first kappa shape index (κ1) is 14.8. The summed E-state index contributed by atoms with van der Waals surface area (Å²) in [6.45, 7) is 6.87. The molecule has 1 N–H and O–H groups in total. The molecule has 0 aromatic carbocycles. The lowest BCUT2D eigenvalue weighted by atomic mass is 10.1. The molecule has 2 heterocycles. The number of carbonyl (C=O) groups is 1. The number of hydrogen-bond donors (Lipinski definition) is 1. The van der Waals surface area contributed by atoms with Crippen LogP contribution in [0.4, 0.5) is 4.79 Å². The third-order valence-corrected chi connectivity index (χ3v) is 3.25. The van der Waals surface area contributed by atoms with E-state index in [1.165, 1.54) is 0 Å². The van der Waals surface area contributed by atoms with Crippen LogP contribution in [-0.4, -0.2) is 44.6 Å². The zero-order valence-corrected chi connectivity index (χ0v) is 12.4. The van der Waals surface area contributed by atoms with E-state index in [1.807, 2.05) is 31.6 Å². The van der Waals surface area contributed by atoms with Gasteiger partial charge < -0.3 is 14.7 Å². The summed E-state index contributed by atoms with van der Waals surface area (Å²) < 4.78 is 7.24. The van der Waals surface area contributed by atoms with E-state index in [4.69, 9.17) is 9.84 Å². The summed E-state index contributed by atoms with van der Waals surface area (Å²) in [6.07, 6.45) is 3.50. The zero-order chi connectivity index (χ0) is 14.8. The predicted octanol–water partition coefficient (Wildman–Crippen LogP) is 1.95. The van der Waals surface area contributed by atoms with Gasteiger partial charge in [0.25, 0.3) is 0 Å². The molecule has 0 spiro atoms. The van der Waals surface area contributed by atoms with Crippen molar-refractivity contribution in [3.05, 3.63) is 18.0 Å². The number of rotatable bonds is 2. The summed E-state index contributed by atoms with van der Waals surface area (Å²) in [6, 6.07) is 1.95. The average Bonchev–Trinajstić information content (AvgIpc) is 2.85. The van der Waals surface area contributed by atoms with Crippen LogP contribution in [0.15, 0.2) is 12.3 Å². The molecule has 1 aromatic heterocycles. The number of aliphatic hydroxyl groups excluding tert-OH is 1. The van der Waals surface area contributed by atoms with Crippen LogP contribution in [0, 0.1) is 0 Å². The van der Waals surface area contributed by atoms with E-state index < -0.39 is 5.60 Å². The molecular weight excluding hydrogens is 258 g/mol. The lowest BCUT2D eigenvalue weighted by Gasteiger charge is -2.34. The van der Waals surface area contributed by atoms with Crippen molar-refractivity contribution in [3.63, 3.8) is 0 Å². The lowest BCUT2D eigenvalue weighted by Crippen LogP contribution is -2.43. The zero-order valence-electron chi connectivity index (χ0n) is 12.4. The molecule has 1 fully saturated rings. The van der Waals surface area contributed by atoms with Crippen LogP contribution in [0.5, 0.6) is 0 Å². The van der Waals surface area contributed by atoms with Crippen LogP contribution in [0.2, 0.25) is 0 Å². The van der Waals surface area contributed by atoms with E-state index >= 15 is 0 Å². The molecular formula is C14H23N3O3. The number of piperidine rings is 1. The second-order valence-electron chi connectivity index (χ2n) is 6.17. The Hall–Kier alpha value is -1.56. The van der Waals surface area contributed by atoms with Crippen LogP contribution in [0.1, 0.15) is 45.3 Å². The molecule has 0 radical (unpaired) electrons. The van der Waals surface area contributed by atoms with Crippen molar-refractivity contribution in [1.29, 1.82) is 0 Å². The van der Waals surface area contributed by atoms with Crippen molar-refractivity contribution in [2.24, 2.45) is 0 Å². The third-order valence-electron chi connectivity index (χ3n) is 3.25. The van der Waals surface area contributed by atoms with Gasteiger partial charge in [0.05, 0.1) is 18.3 Å². The highest BCUT2D eigenvalue weighted by molar-refractivity contribution is 5.68. The minimum Gasteiger partial charge on any atom is -0.444 e. The second-order valence-corrected chi connectivity index (χ2v) is 6.17. The third kappa shape index (κ3) is 3.72. The number of aromatic nitrogens is 2. The Labute approximate surface area is 119 Å². The SMILES string of the molecule is CC(C)(C)OC(=O)N1CCC[C@H](n2ccc(CO)n2)C1. The molecule has 0 aliphatic carbocycles. The van der Waals surface area contributed by atoms with Crippen LogP contribution >= 0.6 is 0 Å². The molecule has 6 heteroatoms. The maximum absolute atomic E-state index is 12.1. The van der Waals surface area contributed by atoms with Crippen LogP contribution in [0.3, 0.4) is 0 Å². The Morgan fingerprint density at radius 2 is 2.30 bits per heavy atom. The van der Waals surface area contributed by atoms with Gasteiger partial charge in [-0.15, -0.1) is 0 Å². The molecule has 112 valence electrons. The molecule has 1 amide bonds. The lowest BCUT2D eigenvalue weighted by molar-refractivity contribution is 0.0167. The molecule has 1 atom stereocenters. The number of aliphatic hydroxyl groups is 1. The van der Waals surface area contributed by atoms with E-state index in [0.717, 1.165) is 19.4 Å². The van der Waals surface area contributed by atoms with E-state index in [0.29, 0.717) is 12.2 Å². The van der Waals surface area contributed by atoms with E-state index in [1.54, 1.807) is 11.0 Å². The monoisotopic (exact) mass is 281 g/mol. The minimum atomic E-state index is -0.472. The number of carbonyl (C=O) groups excluding carboxylic acids is 1. The Balaban J connectivity index is 1.99. The molecule has 6 nitrogen and oxygen atoms in total. The summed E-state index contributed by atoms with van der Waals surface area (Å²) in [5, 5.41) is 13.4. The number of likely N-dealkylation sites (tertiary alicyclic amines) is 1. The summed E-state index contributed by atoms with van der Waals surface area (Å²) in [7, 11) is 0. The molecule has 1 aliphatic rings. The maximum atomic E-state index is 12.1. The fourth-order valence-corrected chi connectivity index (χ4v) is 2.33. The fourth-order valence-electron chi connectivity index (χ4n) is 2.33. The first-order valence-corrected chi connectivity index (χ1v) is 7.02. The average molecular weight is 281 g/mol. The highest BCUT2D eigenvalue weighted by Crippen LogP contribution is 2.22. The highest BCUT2D eigenvalue weighted by Gasteiger charge is 2.28. The molecule has 0 saturated carbocycles. The summed E-state index contributed by atoms with van der Waals surface area (Å²) in [5.41, 5.74) is 0.180. The largest absolute Gasteiger partial charge is 0.444 e. The Bertz CT molecular complexity index is 464. The van der Waals surface area contributed by atoms with E-state index in [-0.39, 0.29) is 18.7 Å². The van der Waals surface area contributed by atoms with Gasteiger partial charge in [0.2, 0.25) is 0 Å². The quantitative estimate of drug-likeness (QED) is 0.899. The van der Waals surface area contributed by atoms with Gasteiger partial charge in [0, 0.05) is 19.3 Å². The number of amides is 1. The molecule has 2 rings (SSSR count). The van der Waals surface area contributed by atoms with Gasteiger partial charge >= 0.3 is 6.09 Å². The Morgan fingerprint density at radius 3 is 2.90 bits per heavy atom. The normalized spacial score (nSPS) is 20.0. The molecule has 20 heavy (non-hydrogen) atoms. The number of nitrogens with zero attached hydrogens (tertiary/aromatic N) is 3. The molecule has 0 unspecified atom stereocenters. The standard InChI is InChI=1S/C14H23N3O3/c1-14(2,3)20-13(19)16-7-4-5-12(9-16)17-8-6-11(10-18)15-17/h6,8,12,18H,4-5,7,9-10H2,1-3H3/t12-/m0/s1. The van der Waals surface area contributed by atoms with Crippen molar-refractivity contribution < 1.29 is 14.6 Å². The summed E-state index contributed by atoms with van der Waals surface area (Å²) in [4.78, 5) is 13.8. The van der Waals surface area contributed by atoms with Crippen molar-refractivity contribution >= 4 is 6.09 Å². The first-order chi connectivity index (χ1) is 9.39.